The van der Waals surface area contributed by atoms with E-state index in [0.717, 1.165) is 31.8 Å². The van der Waals surface area contributed by atoms with Crippen LogP contribution in [0.25, 0.3) is 0 Å². The van der Waals surface area contributed by atoms with Gasteiger partial charge in [-0.1, -0.05) is 12.1 Å². The van der Waals surface area contributed by atoms with Gasteiger partial charge in [0.25, 0.3) is 0 Å². The van der Waals surface area contributed by atoms with Crippen molar-refractivity contribution in [2.45, 2.75) is 19.5 Å². The summed E-state index contributed by atoms with van der Waals surface area (Å²) in [4.78, 5) is 8.29. The van der Waals surface area contributed by atoms with Crippen LogP contribution in [-0.4, -0.2) is 23.5 Å². The molecule has 0 radical (unpaired) electrons. The molecular weight excluding hydrogens is 244 g/mol. The van der Waals surface area contributed by atoms with E-state index in [0.29, 0.717) is 0 Å². The summed E-state index contributed by atoms with van der Waals surface area (Å²) in [6.45, 7) is 3.10. The second-order valence-electron chi connectivity index (χ2n) is 4.53. The van der Waals surface area contributed by atoms with E-state index in [4.69, 9.17) is 4.74 Å². The van der Waals surface area contributed by atoms with Crippen molar-refractivity contribution in [1.29, 1.82) is 0 Å². The Hall–Kier alpha value is -1.39. The molecule has 0 spiro atoms. The van der Waals surface area contributed by atoms with E-state index in [1.54, 1.807) is 18.4 Å². The van der Waals surface area contributed by atoms with Crippen molar-refractivity contribution in [1.82, 2.24) is 9.88 Å². The molecule has 0 bridgehead atoms. The Balaban J connectivity index is 1.70. The maximum atomic E-state index is 5.26. The van der Waals surface area contributed by atoms with Crippen LogP contribution in [0.4, 0.5) is 0 Å². The predicted octanol–water partition coefficient (Wildman–Crippen LogP) is 2.71. The topological polar surface area (TPSA) is 25.4 Å². The molecule has 0 fully saturated rings. The number of aromatic nitrogens is 1. The summed E-state index contributed by atoms with van der Waals surface area (Å²) >= 11 is 1.77. The van der Waals surface area contributed by atoms with Crippen molar-refractivity contribution in [2.24, 2.45) is 0 Å². The third kappa shape index (κ3) is 2.40. The first kappa shape index (κ1) is 11.7. The second-order valence-corrected chi connectivity index (χ2v) is 5.47. The van der Waals surface area contributed by atoms with Gasteiger partial charge in [-0.15, -0.1) is 11.3 Å². The highest BCUT2D eigenvalue weighted by Gasteiger charge is 2.18. The van der Waals surface area contributed by atoms with E-state index in [1.807, 2.05) is 11.6 Å². The lowest BCUT2D eigenvalue weighted by Crippen LogP contribution is -2.29. The average molecular weight is 260 g/mol. The largest absolute Gasteiger partial charge is 0.497 e. The van der Waals surface area contributed by atoms with Crippen LogP contribution in [0, 0.1) is 0 Å². The van der Waals surface area contributed by atoms with Gasteiger partial charge in [-0.2, -0.15) is 0 Å². The lowest BCUT2D eigenvalue weighted by molar-refractivity contribution is 0.247. The zero-order valence-electron chi connectivity index (χ0n) is 10.4. The maximum Gasteiger partial charge on any atom is 0.119 e. The van der Waals surface area contributed by atoms with E-state index in [1.165, 1.54) is 16.1 Å². The fraction of sp³-hybridized carbons (Fsp3) is 0.357. The van der Waals surface area contributed by atoms with Crippen molar-refractivity contribution in [3.8, 4) is 5.75 Å². The lowest BCUT2D eigenvalue weighted by Gasteiger charge is -2.26. The van der Waals surface area contributed by atoms with Crippen LogP contribution in [0.3, 0.4) is 0 Å². The molecule has 0 saturated carbocycles. The van der Waals surface area contributed by atoms with Crippen LogP contribution in [-0.2, 0) is 19.5 Å². The summed E-state index contributed by atoms with van der Waals surface area (Å²) in [6.07, 6.45) is 1.07. The molecule has 1 aromatic heterocycles. The Kier molecular flexibility index (Phi) is 3.30. The van der Waals surface area contributed by atoms with Gasteiger partial charge in [0.15, 0.2) is 0 Å². The number of fused-ring (bicyclic) bond motifs is 1. The highest BCUT2D eigenvalue weighted by Crippen LogP contribution is 2.23. The van der Waals surface area contributed by atoms with Crippen LogP contribution in [0.2, 0.25) is 0 Å². The molecule has 1 aromatic carbocycles. The number of thiazole rings is 1. The third-order valence-corrected chi connectivity index (χ3v) is 4.16. The lowest BCUT2D eigenvalue weighted by atomic mass is 10.1. The predicted molar refractivity (Wildman–Crippen MR) is 72.9 cm³/mol. The zero-order chi connectivity index (χ0) is 12.4. The molecule has 3 nitrogen and oxygen atoms in total. The summed E-state index contributed by atoms with van der Waals surface area (Å²) in [6, 6.07) is 8.31. The van der Waals surface area contributed by atoms with Gasteiger partial charge >= 0.3 is 0 Å². The van der Waals surface area contributed by atoms with Crippen LogP contribution in [0.5, 0.6) is 5.75 Å². The van der Waals surface area contributed by atoms with Gasteiger partial charge in [0.2, 0.25) is 0 Å². The number of hydrogen-bond acceptors (Lipinski definition) is 4. The van der Waals surface area contributed by atoms with Gasteiger partial charge in [-0.3, -0.25) is 4.90 Å². The van der Waals surface area contributed by atoms with Crippen LogP contribution < -0.4 is 4.74 Å². The molecule has 0 unspecified atom stereocenters. The minimum absolute atomic E-state index is 0.933. The molecule has 4 heteroatoms. The SMILES string of the molecule is COc1cccc(CN2CCc3ncsc3C2)c1. The minimum atomic E-state index is 0.933. The summed E-state index contributed by atoms with van der Waals surface area (Å²) in [5, 5.41) is 0. The molecule has 3 rings (SSSR count). The summed E-state index contributed by atoms with van der Waals surface area (Å²) < 4.78 is 5.26. The number of nitrogens with zero attached hydrogens (tertiary/aromatic N) is 2. The minimum Gasteiger partial charge on any atom is -0.497 e. The Labute approximate surface area is 111 Å². The van der Waals surface area contributed by atoms with Gasteiger partial charge < -0.3 is 4.74 Å². The standard InChI is InChI=1S/C14H16N2OS/c1-17-12-4-2-3-11(7-12)8-16-6-5-13-14(9-16)18-10-15-13/h2-4,7,10H,5-6,8-9H2,1H3. The van der Waals surface area contributed by atoms with Gasteiger partial charge in [0.05, 0.1) is 18.3 Å². The van der Waals surface area contributed by atoms with Crippen molar-refractivity contribution in [3.63, 3.8) is 0 Å². The molecule has 0 N–H and O–H groups in total. The Morgan fingerprint density at radius 3 is 3.28 bits per heavy atom. The quantitative estimate of drug-likeness (QED) is 0.848. The first-order chi connectivity index (χ1) is 8.85. The number of rotatable bonds is 3. The molecule has 94 valence electrons. The normalized spacial score (nSPS) is 15.4. The van der Waals surface area contributed by atoms with E-state index < -0.39 is 0 Å². The zero-order valence-corrected chi connectivity index (χ0v) is 11.2. The first-order valence-electron chi connectivity index (χ1n) is 6.11. The molecule has 1 aliphatic heterocycles. The Morgan fingerprint density at radius 1 is 1.44 bits per heavy atom. The number of ether oxygens (including phenoxy) is 1. The highest BCUT2D eigenvalue weighted by molar-refractivity contribution is 7.09. The molecule has 0 atom stereocenters. The highest BCUT2D eigenvalue weighted by atomic mass is 32.1. The first-order valence-corrected chi connectivity index (χ1v) is 6.99. The fourth-order valence-electron chi connectivity index (χ4n) is 2.34. The number of benzene rings is 1. The molecule has 0 amide bonds. The molecule has 0 saturated heterocycles. The molecule has 2 heterocycles. The fourth-order valence-corrected chi connectivity index (χ4v) is 3.19. The van der Waals surface area contributed by atoms with Crippen LogP contribution in [0.15, 0.2) is 29.8 Å². The van der Waals surface area contributed by atoms with E-state index >= 15 is 0 Å². The molecular formula is C14H16N2OS. The Morgan fingerprint density at radius 2 is 2.39 bits per heavy atom. The molecule has 2 aromatic rings. The van der Waals surface area contributed by atoms with Crippen molar-refractivity contribution in [2.75, 3.05) is 13.7 Å². The van der Waals surface area contributed by atoms with Gasteiger partial charge in [0.1, 0.15) is 5.75 Å². The second kappa shape index (κ2) is 5.08. The van der Waals surface area contributed by atoms with E-state index in [2.05, 4.69) is 28.1 Å². The summed E-state index contributed by atoms with van der Waals surface area (Å²) in [7, 11) is 1.71. The number of hydrogen-bond donors (Lipinski definition) is 0. The van der Waals surface area contributed by atoms with Gasteiger partial charge in [-0.05, 0) is 17.7 Å². The van der Waals surface area contributed by atoms with E-state index in [-0.39, 0.29) is 0 Å². The van der Waals surface area contributed by atoms with Crippen molar-refractivity contribution >= 4 is 11.3 Å². The summed E-state index contributed by atoms with van der Waals surface area (Å²) in [5.41, 5.74) is 4.56. The monoisotopic (exact) mass is 260 g/mol. The van der Waals surface area contributed by atoms with Crippen LogP contribution in [0.1, 0.15) is 16.1 Å². The smallest absolute Gasteiger partial charge is 0.119 e. The van der Waals surface area contributed by atoms with Crippen LogP contribution >= 0.6 is 11.3 Å². The summed E-state index contributed by atoms with van der Waals surface area (Å²) in [5.74, 6) is 0.933. The van der Waals surface area contributed by atoms with Gasteiger partial charge in [-0.25, -0.2) is 4.98 Å². The van der Waals surface area contributed by atoms with Gasteiger partial charge in [0, 0.05) is 30.9 Å². The Bertz CT molecular complexity index is 538. The molecule has 18 heavy (non-hydrogen) atoms. The van der Waals surface area contributed by atoms with E-state index in [9.17, 15) is 0 Å². The number of methoxy groups -OCH3 is 1. The third-order valence-electron chi connectivity index (χ3n) is 3.30. The van der Waals surface area contributed by atoms with Crippen molar-refractivity contribution < 1.29 is 4.74 Å². The van der Waals surface area contributed by atoms with Crippen molar-refractivity contribution in [3.05, 3.63) is 45.9 Å². The molecule has 1 aliphatic rings. The maximum absolute atomic E-state index is 5.26. The average Bonchev–Trinajstić information content (AvgIpc) is 2.86. The molecule has 0 aliphatic carbocycles.